The van der Waals surface area contributed by atoms with Crippen LogP contribution >= 0.6 is 11.5 Å². The average Bonchev–Trinajstić information content (AvgIpc) is 3.49. The maximum Gasteiger partial charge on any atom is 0.359 e. The molecule has 2 heterocycles. The van der Waals surface area contributed by atoms with Gasteiger partial charge < -0.3 is 10.0 Å². The average molecular weight is 436 g/mol. The van der Waals surface area contributed by atoms with Gasteiger partial charge in [-0.1, -0.05) is 66.4 Å². The van der Waals surface area contributed by atoms with Crippen molar-refractivity contribution < 1.29 is 9.90 Å². The van der Waals surface area contributed by atoms with Gasteiger partial charge in [-0.3, -0.25) is 0 Å². The topological polar surface area (TPSA) is 121 Å². The van der Waals surface area contributed by atoms with Crippen LogP contribution in [-0.2, 0) is 6.54 Å². The number of carboxylic acids is 1. The number of rotatable bonds is 9. The molecule has 2 aromatic heterocycles. The van der Waals surface area contributed by atoms with Crippen LogP contribution in [0.4, 0.5) is 5.00 Å². The molecule has 0 aliphatic carbocycles. The van der Waals surface area contributed by atoms with Crippen LogP contribution < -0.4 is 4.90 Å². The first kappa shape index (κ1) is 20.6. The number of aromatic nitrogens is 6. The minimum atomic E-state index is -1.06. The summed E-state index contributed by atoms with van der Waals surface area (Å²) in [6.07, 6.45) is 1.96. The van der Waals surface area contributed by atoms with Gasteiger partial charge in [-0.05, 0) is 33.5 Å². The molecule has 9 nitrogen and oxygen atoms in total. The fourth-order valence-electron chi connectivity index (χ4n) is 3.35. The Labute approximate surface area is 182 Å². The molecule has 0 fully saturated rings. The number of carbonyl (C=O) groups is 1. The molecular formula is C21H21N7O2S. The Morgan fingerprint density at radius 2 is 1.87 bits per heavy atom. The number of tetrazole rings is 1. The molecule has 0 amide bonds. The van der Waals surface area contributed by atoms with Crippen molar-refractivity contribution in [3.8, 4) is 22.5 Å². The molecule has 4 aromatic rings. The molecular weight excluding hydrogens is 414 g/mol. The quantitative estimate of drug-likeness (QED) is 0.406. The molecule has 4 rings (SSSR count). The van der Waals surface area contributed by atoms with Crippen molar-refractivity contribution in [1.82, 2.24) is 30.2 Å². The SMILES string of the molecule is CCCCN(Cc1ccc(-c2ccccc2-c2nnn[nH]2)cc1)c1snnc1C(=O)O. The van der Waals surface area contributed by atoms with E-state index in [0.717, 1.165) is 53.2 Å². The molecule has 0 unspecified atom stereocenters. The summed E-state index contributed by atoms with van der Waals surface area (Å²) in [5.74, 6) is -0.441. The number of unbranched alkanes of at least 4 members (excludes halogenated alkanes) is 1. The van der Waals surface area contributed by atoms with E-state index in [2.05, 4.69) is 61.4 Å². The van der Waals surface area contributed by atoms with Gasteiger partial charge in [-0.25, -0.2) is 9.89 Å². The zero-order valence-electron chi connectivity index (χ0n) is 16.9. The lowest BCUT2D eigenvalue weighted by atomic mass is 9.98. The molecule has 0 aliphatic rings. The molecule has 10 heteroatoms. The van der Waals surface area contributed by atoms with Crippen molar-refractivity contribution in [2.75, 3.05) is 11.4 Å². The minimum absolute atomic E-state index is 0.00678. The summed E-state index contributed by atoms with van der Waals surface area (Å²) >= 11 is 1.12. The van der Waals surface area contributed by atoms with Crippen LogP contribution in [0.3, 0.4) is 0 Å². The highest BCUT2D eigenvalue weighted by atomic mass is 32.1. The number of hydrogen-bond donors (Lipinski definition) is 2. The molecule has 0 saturated heterocycles. The monoisotopic (exact) mass is 435 g/mol. The van der Waals surface area contributed by atoms with E-state index in [-0.39, 0.29) is 5.69 Å². The Kier molecular flexibility index (Phi) is 6.27. The van der Waals surface area contributed by atoms with Gasteiger partial charge in [0.2, 0.25) is 5.69 Å². The van der Waals surface area contributed by atoms with Crippen LogP contribution in [0.1, 0.15) is 35.8 Å². The van der Waals surface area contributed by atoms with Crippen LogP contribution in [-0.4, -0.2) is 47.8 Å². The fraction of sp³-hybridized carbons (Fsp3) is 0.238. The van der Waals surface area contributed by atoms with Gasteiger partial charge >= 0.3 is 5.97 Å². The summed E-state index contributed by atoms with van der Waals surface area (Å²) in [5.41, 5.74) is 4.07. The maximum absolute atomic E-state index is 11.5. The molecule has 0 saturated carbocycles. The number of nitrogens with one attached hydrogen (secondary N) is 1. The van der Waals surface area contributed by atoms with Crippen LogP contribution in [0.15, 0.2) is 48.5 Å². The largest absolute Gasteiger partial charge is 0.476 e. The predicted octanol–water partition coefficient (Wildman–Crippen LogP) is 3.89. The van der Waals surface area contributed by atoms with Crippen LogP contribution in [0, 0.1) is 0 Å². The lowest BCUT2D eigenvalue weighted by molar-refractivity contribution is 0.0691. The van der Waals surface area contributed by atoms with Gasteiger partial charge in [0.15, 0.2) is 5.82 Å². The van der Waals surface area contributed by atoms with E-state index < -0.39 is 5.97 Å². The summed E-state index contributed by atoms with van der Waals surface area (Å²) in [6.45, 7) is 3.43. The lowest BCUT2D eigenvalue weighted by Crippen LogP contribution is -2.24. The van der Waals surface area contributed by atoms with E-state index >= 15 is 0 Å². The lowest BCUT2D eigenvalue weighted by Gasteiger charge is -2.23. The molecule has 0 spiro atoms. The third-order valence-electron chi connectivity index (χ3n) is 4.91. The van der Waals surface area contributed by atoms with E-state index in [1.165, 1.54) is 0 Å². The van der Waals surface area contributed by atoms with Crippen molar-refractivity contribution in [3.05, 3.63) is 59.8 Å². The number of aromatic amines is 1. The van der Waals surface area contributed by atoms with Crippen molar-refractivity contribution >= 4 is 22.5 Å². The normalized spacial score (nSPS) is 10.9. The number of hydrogen-bond acceptors (Lipinski definition) is 8. The third-order valence-corrected chi connectivity index (χ3v) is 5.70. The van der Waals surface area contributed by atoms with Crippen LogP contribution in [0.25, 0.3) is 22.5 Å². The molecule has 0 radical (unpaired) electrons. The van der Waals surface area contributed by atoms with E-state index in [9.17, 15) is 9.90 Å². The highest BCUT2D eigenvalue weighted by molar-refractivity contribution is 7.10. The van der Waals surface area contributed by atoms with Gasteiger partial charge in [0, 0.05) is 30.2 Å². The maximum atomic E-state index is 11.5. The van der Waals surface area contributed by atoms with Crippen molar-refractivity contribution in [2.24, 2.45) is 0 Å². The summed E-state index contributed by atoms with van der Waals surface area (Å²) in [5, 5.41) is 28.0. The Bertz CT molecular complexity index is 1140. The molecule has 2 aromatic carbocycles. The first-order valence-corrected chi connectivity index (χ1v) is 10.7. The van der Waals surface area contributed by atoms with Crippen molar-refractivity contribution in [2.45, 2.75) is 26.3 Å². The van der Waals surface area contributed by atoms with Gasteiger partial charge in [0.25, 0.3) is 0 Å². The highest BCUT2D eigenvalue weighted by Gasteiger charge is 2.21. The van der Waals surface area contributed by atoms with E-state index in [1.807, 2.05) is 29.2 Å². The second-order valence-corrected chi connectivity index (χ2v) is 7.73. The molecule has 0 atom stereocenters. The minimum Gasteiger partial charge on any atom is -0.476 e. The van der Waals surface area contributed by atoms with Crippen molar-refractivity contribution in [3.63, 3.8) is 0 Å². The second-order valence-electron chi connectivity index (χ2n) is 7.00. The number of anilines is 1. The van der Waals surface area contributed by atoms with Gasteiger partial charge in [-0.2, -0.15) is 0 Å². The van der Waals surface area contributed by atoms with Gasteiger partial charge in [-0.15, -0.1) is 10.2 Å². The number of carboxylic acid groups (broad SMARTS) is 1. The smallest absolute Gasteiger partial charge is 0.359 e. The second kappa shape index (κ2) is 9.43. The number of H-pyrrole nitrogens is 1. The fourth-order valence-corrected chi connectivity index (χ4v) is 4.04. The molecule has 0 bridgehead atoms. The Morgan fingerprint density at radius 3 is 2.55 bits per heavy atom. The van der Waals surface area contributed by atoms with E-state index in [0.29, 0.717) is 17.4 Å². The van der Waals surface area contributed by atoms with E-state index in [1.54, 1.807) is 0 Å². The standard InChI is InChI=1S/C21H21N7O2S/c1-2-3-12-28(20-18(21(29)30)22-27-31-20)13-14-8-10-15(11-9-14)16-6-4-5-7-17(16)19-23-25-26-24-19/h4-11H,2-3,12-13H2,1H3,(H,29,30)(H,23,24,25,26). The van der Waals surface area contributed by atoms with Crippen molar-refractivity contribution in [1.29, 1.82) is 0 Å². The first-order valence-electron chi connectivity index (χ1n) is 9.90. The molecule has 158 valence electrons. The third kappa shape index (κ3) is 4.58. The first-order chi connectivity index (χ1) is 15.2. The zero-order chi connectivity index (χ0) is 21.6. The predicted molar refractivity (Wildman–Crippen MR) is 118 cm³/mol. The molecule has 31 heavy (non-hydrogen) atoms. The summed E-state index contributed by atoms with van der Waals surface area (Å²) < 4.78 is 3.85. The van der Waals surface area contributed by atoms with Crippen LogP contribution in [0.2, 0.25) is 0 Å². The summed E-state index contributed by atoms with van der Waals surface area (Å²) in [7, 11) is 0. The Hall–Kier alpha value is -3.66. The number of benzene rings is 2. The summed E-state index contributed by atoms with van der Waals surface area (Å²) in [6, 6.07) is 16.2. The highest BCUT2D eigenvalue weighted by Crippen LogP contribution is 2.31. The Balaban J connectivity index is 1.59. The number of aromatic carboxylic acids is 1. The van der Waals surface area contributed by atoms with Gasteiger partial charge in [0.05, 0.1) is 0 Å². The zero-order valence-corrected chi connectivity index (χ0v) is 17.7. The van der Waals surface area contributed by atoms with Gasteiger partial charge in [0.1, 0.15) is 5.00 Å². The van der Waals surface area contributed by atoms with E-state index in [4.69, 9.17) is 0 Å². The number of nitrogens with zero attached hydrogens (tertiary/aromatic N) is 6. The summed E-state index contributed by atoms with van der Waals surface area (Å²) in [4.78, 5) is 13.5. The molecule has 2 N–H and O–H groups in total. The van der Waals surface area contributed by atoms with Crippen LogP contribution in [0.5, 0.6) is 0 Å². The Morgan fingerprint density at radius 1 is 1.10 bits per heavy atom. The molecule has 0 aliphatic heterocycles.